The minimum absolute atomic E-state index is 0.0339. The molecule has 1 aromatic rings. The number of amides is 2. The van der Waals surface area contributed by atoms with Crippen LogP contribution in [0.3, 0.4) is 0 Å². The fourth-order valence-corrected chi connectivity index (χ4v) is 1.65. The Bertz CT molecular complexity index is 431. The van der Waals surface area contributed by atoms with Crippen molar-refractivity contribution in [3.8, 4) is 0 Å². The maximum atomic E-state index is 12.8. The zero-order valence-electron chi connectivity index (χ0n) is 10.5. The predicted molar refractivity (Wildman–Crippen MR) is 66.3 cm³/mol. The molecule has 0 heterocycles. The van der Waals surface area contributed by atoms with Gasteiger partial charge in [0.15, 0.2) is 0 Å². The maximum absolute atomic E-state index is 12.8. The summed E-state index contributed by atoms with van der Waals surface area (Å²) in [5, 5.41) is 0. The summed E-state index contributed by atoms with van der Waals surface area (Å²) in [6, 6.07) is 6.04. The fraction of sp³-hybridized carbons (Fsp3) is 0.385. The van der Waals surface area contributed by atoms with Crippen molar-refractivity contribution in [1.29, 1.82) is 0 Å². The van der Waals surface area contributed by atoms with Crippen molar-refractivity contribution in [3.63, 3.8) is 0 Å². The van der Waals surface area contributed by atoms with Crippen LogP contribution in [0.2, 0.25) is 0 Å². The first-order chi connectivity index (χ1) is 8.40. The maximum Gasteiger partial charge on any atom is 0.237 e. The average Bonchev–Trinajstić information content (AvgIpc) is 2.28. The van der Waals surface area contributed by atoms with Crippen LogP contribution in [0.25, 0.3) is 0 Å². The number of likely N-dealkylation sites (N-methyl/N-ethyl adjacent to an activating group) is 1. The SMILES string of the molecule is C[C@H](CC(=O)N(C)CC(N)=O)c1ccc(F)cc1. The molecule has 0 fully saturated rings. The second kappa shape index (κ2) is 6.14. The number of benzene rings is 1. The van der Waals surface area contributed by atoms with Gasteiger partial charge in [-0.1, -0.05) is 19.1 Å². The first-order valence-electron chi connectivity index (χ1n) is 5.68. The Balaban J connectivity index is 2.59. The van der Waals surface area contributed by atoms with Gasteiger partial charge in [0, 0.05) is 13.5 Å². The lowest BCUT2D eigenvalue weighted by Gasteiger charge is -2.18. The van der Waals surface area contributed by atoms with Crippen molar-refractivity contribution < 1.29 is 14.0 Å². The van der Waals surface area contributed by atoms with E-state index >= 15 is 0 Å². The summed E-state index contributed by atoms with van der Waals surface area (Å²) in [5.74, 6) is -1.04. The van der Waals surface area contributed by atoms with E-state index in [1.165, 1.54) is 24.1 Å². The van der Waals surface area contributed by atoms with E-state index in [2.05, 4.69) is 0 Å². The van der Waals surface area contributed by atoms with Crippen LogP contribution in [-0.4, -0.2) is 30.3 Å². The van der Waals surface area contributed by atoms with Crippen molar-refractivity contribution in [2.24, 2.45) is 5.73 Å². The molecule has 2 amide bonds. The fourth-order valence-electron chi connectivity index (χ4n) is 1.65. The Morgan fingerprint density at radius 3 is 2.39 bits per heavy atom. The highest BCUT2D eigenvalue weighted by atomic mass is 19.1. The van der Waals surface area contributed by atoms with Crippen LogP contribution >= 0.6 is 0 Å². The van der Waals surface area contributed by atoms with Gasteiger partial charge in [0.1, 0.15) is 5.82 Å². The molecular weight excluding hydrogens is 235 g/mol. The molecule has 1 rings (SSSR count). The van der Waals surface area contributed by atoms with Gasteiger partial charge in [-0.15, -0.1) is 0 Å². The molecule has 5 heteroatoms. The molecule has 0 unspecified atom stereocenters. The van der Waals surface area contributed by atoms with Crippen molar-refractivity contribution in [3.05, 3.63) is 35.6 Å². The number of nitrogens with zero attached hydrogens (tertiary/aromatic N) is 1. The van der Waals surface area contributed by atoms with Crippen molar-refractivity contribution in [2.45, 2.75) is 19.3 Å². The minimum Gasteiger partial charge on any atom is -0.368 e. The third kappa shape index (κ3) is 4.16. The van der Waals surface area contributed by atoms with E-state index < -0.39 is 5.91 Å². The van der Waals surface area contributed by atoms with Crippen molar-refractivity contribution in [1.82, 2.24) is 4.90 Å². The zero-order chi connectivity index (χ0) is 13.7. The normalized spacial score (nSPS) is 11.9. The lowest BCUT2D eigenvalue weighted by molar-refractivity contribution is -0.134. The van der Waals surface area contributed by atoms with Crippen LogP contribution in [0.15, 0.2) is 24.3 Å². The van der Waals surface area contributed by atoms with Crippen LogP contribution in [0.1, 0.15) is 24.8 Å². The lowest BCUT2D eigenvalue weighted by atomic mass is 9.97. The molecule has 0 aliphatic heterocycles. The molecule has 0 bridgehead atoms. The van der Waals surface area contributed by atoms with Crippen LogP contribution in [-0.2, 0) is 9.59 Å². The Hall–Kier alpha value is -1.91. The molecule has 0 spiro atoms. The summed E-state index contributed by atoms with van der Waals surface area (Å²) in [6.07, 6.45) is 0.259. The highest BCUT2D eigenvalue weighted by Gasteiger charge is 2.16. The van der Waals surface area contributed by atoms with Crippen LogP contribution in [0.4, 0.5) is 4.39 Å². The molecule has 1 atom stereocenters. The molecule has 0 aromatic heterocycles. The van der Waals surface area contributed by atoms with Gasteiger partial charge in [-0.2, -0.15) is 0 Å². The van der Waals surface area contributed by atoms with Crippen molar-refractivity contribution >= 4 is 11.8 Å². The van der Waals surface area contributed by atoms with Crippen LogP contribution in [0.5, 0.6) is 0 Å². The summed E-state index contributed by atoms with van der Waals surface area (Å²) >= 11 is 0. The van der Waals surface area contributed by atoms with E-state index in [4.69, 9.17) is 5.73 Å². The largest absolute Gasteiger partial charge is 0.368 e. The summed E-state index contributed by atoms with van der Waals surface area (Å²) < 4.78 is 12.8. The Morgan fingerprint density at radius 1 is 1.33 bits per heavy atom. The number of carbonyl (C=O) groups excluding carboxylic acids is 2. The number of hydrogen-bond acceptors (Lipinski definition) is 2. The van der Waals surface area contributed by atoms with E-state index in [-0.39, 0.29) is 30.6 Å². The topological polar surface area (TPSA) is 63.4 Å². The summed E-state index contributed by atoms with van der Waals surface area (Å²) in [4.78, 5) is 23.8. The predicted octanol–water partition coefficient (Wildman–Crippen LogP) is 1.26. The highest BCUT2D eigenvalue weighted by molar-refractivity contribution is 5.83. The van der Waals surface area contributed by atoms with Gasteiger partial charge in [-0.3, -0.25) is 9.59 Å². The van der Waals surface area contributed by atoms with Gasteiger partial charge < -0.3 is 10.6 Å². The molecule has 0 aliphatic carbocycles. The Morgan fingerprint density at radius 2 is 1.89 bits per heavy atom. The molecule has 0 aliphatic rings. The van der Waals surface area contributed by atoms with Gasteiger partial charge in [-0.25, -0.2) is 4.39 Å². The Labute approximate surface area is 106 Å². The van der Waals surface area contributed by atoms with Gasteiger partial charge in [-0.05, 0) is 23.6 Å². The molecule has 98 valence electrons. The molecule has 0 saturated carbocycles. The third-order valence-electron chi connectivity index (χ3n) is 2.74. The van der Waals surface area contributed by atoms with E-state index in [0.717, 1.165) is 5.56 Å². The summed E-state index contributed by atoms with van der Waals surface area (Å²) in [6.45, 7) is 1.79. The number of carbonyl (C=O) groups is 2. The molecule has 2 N–H and O–H groups in total. The number of nitrogens with two attached hydrogens (primary N) is 1. The van der Waals surface area contributed by atoms with E-state index in [0.29, 0.717) is 0 Å². The highest BCUT2D eigenvalue weighted by Crippen LogP contribution is 2.19. The standard InChI is InChI=1S/C13H17FN2O2/c1-9(10-3-5-11(14)6-4-10)7-13(18)16(2)8-12(15)17/h3-6,9H,7-8H2,1-2H3,(H2,15,17)/t9-/m1/s1. The Kier molecular flexibility index (Phi) is 4.83. The number of primary amides is 1. The van der Waals surface area contributed by atoms with E-state index in [1.807, 2.05) is 6.92 Å². The van der Waals surface area contributed by atoms with Crippen molar-refractivity contribution in [2.75, 3.05) is 13.6 Å². The summed E-state index contributed by atoms with van der Waals surface area (Å²) in [5.41, 5.74) is 5.90. The summed E-state index contributed by atoms with van der Waals surface area (Å²) in [7, 11) is 1.53. The number of rotatable bonds is 5. The van der Waals surface area contributed by atoms with E-state index in [1.54, 1.807) is 12.1 Å². The first kappa shape index (κ1) is 14.2. The van der Waals surface area contributed by atoms with Crippen LogP contribution < -0.4 is 5.73 Å². The number of hydrogen-bond donors (Lipinski definition) is 1. The molecular formula is C13H17FN2O2. The van der Waals surface area contributed by atoms with Gasteiger partial charge in [0.05, 0.1) is 6.54 Å². The molecule has 4 nitrogen and oxygen atoms in total. The number of halogens is 1. The molecule has 0 radical (unpaired) electrons. The quantitative estimate of drug-likeness (QED) is 0.857. The smallest absolute Gasteiger partial charge is 0.237 e. The molecule has 1 aromatic carbocycles. The van der Waals surface area contributed by atoms with E-state index in [9.17, 15) is 14.0 Å². The third-order valence-corrected chi connectivity index (χ3v) is 2.74. The monoisotopic (exact) mass is 252 g/mol. The zero-order valence-corrected chi connectivity index (χ0v) is 10.5. The van der Waals surface area contributed by atoms with Gasteiger partial charge in [0.2, 0.25) is 11.8 Å². The lowest BCUT2D eigenvalue weighted by Crippen LogP contribution is -2.35. The average molecular weight is 252 g/mol. The van der Waals surface area contributed by atoms with Gasteiger partial charge >= 0.3 is 0 Å². The second-order valence-electron chi connectivity index (χ2n) is 4.37. The van der Waals surface area contributed by atoms with Crippen LogP contribution in [0, 0.1) is 5.82 Å². The second-order valence-corrected chi connectivity index (χ2v) is 4.37. The van der Waals surface area contributed by atoms with Gasteiger partial charge in [0.25, 0.3) is 0 Å². The first-order valence-corrected chi connectivity index (χ1v) is 5.68. The minimum atomic E-state index is -0.541. The molecule has 18 heavy (non-hydrogen) atoms. The molecule has 0 saturated heterocycles.